The van der Waals surface area contributed by atoms with Gasteiger partial charge in [0.15, 0.2) is 15.8 Å². The fourth-order valence-corrected chi connectivity index (χ4v) is 4.46. The molecule has 2 aromatic rings. The number of nitrogens with one attached hydrogen (secondary N) is 1. The number of piperidine rings is 1. The number of aromatic nitrogens is 2. The maximum atomic E-state index is 11.4. The summed E-state index contributed by atoms with van der Waals surface area (Å²) in [5.41, 5.74) is 1.90. The number of halogens is 1. The van der Waals surface area contributed by atoms with Gasteiger partial charge in [0.1, 0.15) is 0 Å². The Balaban J connectivity index is 0.00000300. The van der Waals surface area contributed by atoms with Gasteiger partial charge in [0, 0.05) is 45.3 Å². The van der Waals surface area contributed by atoms with Crippen molar-refractivity contribution in [2.45, 2.75) is 31.7 Å². The molecule has 0 saturated carbocycles. The summed E-state index contributed by atoms with van der Waals surface area (Å²) in [6.45, 7) is 4.80. The molecule has 7 nitrogen and oxygen atoms in total. The molecular weight excluding hydrogens is 501 g/mol. The molecule has 0 bridgehead atoms. The molecule has 3 rings (SSSR count). The average molecular weight is 531 g/mol. The van der Waals surface area contributed by atoms with E-state index in [4.69, 9.17) is 0 Å². The molecule has 0 radical (unpaired) electrons. The van der Waals surface area contributed by atoms with Crippen LogP contribution in [0.4, 0.5) is 0 Å². The average Bonchev–Trinajstić information content (AvgIpc) is 3.18. The summed E-state index contributed by atoms with van der Waals surface area (Å²) in [6.07, 6.45) is 8.09. The summed E-state index contributed by atoms with van der Waals surface area (Å²) in [5, 5.41) is 3.44. The maximum absolute atomic E-state index is 11.4. The first kappa shape index (κ1) is 23.7. The van der Waals surface area contributed by atoms with Crippen LogP contribution >= 0.6 is 24.0 Å². The third-order valence-electron chi connectivity index (χ3n) is 5.24. The van der Waals surface area contributed by atoms with E-state index in [9.17, 15) is 8.42 Å². The second kappa shape index (κ2) is 10.4. The smallest absolute Gasteiger partial charge is 0.193 e. The lowest BCUT2D eigenvalue weighted by molar-refractivity contribution is 0.189. The first-order valence-corrected chi connectivity index (χ1v) is 11.6. The van der Waals surface area contributed by atoms with E-state index in [1.165, 1.54) is 6.26 Å². The third-order valence-corrected chi connectivity index (χ3v) is 6.10. The van der Waals surface area contributed by atoms with E-state index < -0.39 is 9.84 Å². The minimum absolute atomic E-state index is 0. The molecule has 0 aliphatic carbocycles. The molecule has 1 aromatic heterocycles. The van der Waals surface area contributed by atoms with Gasteiger partial charge in [-0.2, -0.15) is 0 Å². The molecule has 29 heavy (non-hydrogen) atoms. The Kier molecular flexibility index (Phi) is 8.50. The van der Waals surface area contributed by atoms with Crippen molar-refractivity contribution < 1.29 is 8.42 Å². The lowest BCUT2D eigenvalue weighted by Crippen LogP contribution is -2.48. The number of rotatable bonds is 5. The number of nitrogens with zero attached hydrogens (tertiary/aromatic N) is 4. The van der Waals surface area contributed by atoms with E-state index in [1.807, 2.05) is 50.0 Å². The first-order valence-electron chi connectivity index (χ1n) is 9.54. The van der Waals surface area contributed by atoms with Crippen molar-refractivity contribution >= 4 is 39.8 Å². The molecule has 0 spiro atoms. The molecule has 1 saturated heterocycles. The zero-order valence-corrected chi connectivity index (χ0v) is 20.3. The van der Waals surface area contributed by atoms with Crippen LogP contribution in [0, 0.1) is 5.92 Å². The van der Waals surface area contributed by atoms with Gasteiger partial charge >= 0.3 is 0 Å². The summed E-state index contributed by atoms with van der Waals surface area (Å²) in [7, 11) is -1.20. The van der Waals surface area contributed by atoms with E-state index in [0.29, 0.717) is 18.5 Å². The first-order chi connectivity index (χ1) is 13.4. The third kappa shape index (κ3) is 6.70. The van der Waals surface area contributed by atoms with Crippen molar-refractivity contribution in [1.29, 1.82) is 0 Å². The van der Waals surface area contributed by atoms with Gasteiger partial charge in [0.2, 0.25) is 0 Å². The van der Waals surface area contributed by atoms with E-state index in [0.717, 1.165) is 36.6 Å². The maximum Gasteiger partial charge on any atom is 0.193 e. The minimum Gasteiger partial charge on any atom is -0.352 e. The zero-order valence-electron chi connectivity index (χ0n) is 17.2. The zero-order chi connectivity index (χ0) is 20.1. The lowest BCUT2D eigenvalue weighted by atomic mass is 9.93. The van der Waals surface area contributed by atoms with E-state index in [2.05, 4.69) is 31.7 Å². The summed E-state index contributed by atoms with van der Waals surface area (Å²) < 4.78 is 25.0. The number of benzene rings is 1. The number of hydrogen-bond donors (Lipinski definition) is 1. The van der Waals surface area contributed by atoms with Crippen molar-refractivity contribution in [1.82, 2.24) is 19.8 Å². The topological polar surface area (TPSA) is 79.6 Å². The second-order valence-corrected chi connectivity index (χ2v) is 9.72. The Labute approximate surface area is 190 Å². The van der Waals surface area contributed by atoms with Crippen LogP contribution in [0.25, 0.3) is 0 Å². The number of guanidine groups is 1. The highest BCUT2D eigenvalue weighted by Crippen LogP contribution is 2.27. The van der Waals surface area contributed by atoms with E-state index >= 15 is 0 Å². The Bertz CT molecular complexity index is 897. The highest BCUT2D eigenvalue weighted by molar-refractivity contribution is 14.0. The van der Waals surface area contributed by atoms with Gasteiger partial charge in [-0.3, -0.25) is 4.99 Å². The van der Waals surface area contributed by atoms with Crippen molar-refractivity contribution in [3.05, 3.63) is 54.1 Å². The van der Waals surface area contributed by atoms with Gasteiger partial charge in [-0.1, -0.05) is 31.2 Å². The number of imidazole rings is 1. The Hall–Kier alpha value is -1.62. The minimum atomic E-state index is -3.01. The monoisotopic (exact) mass is 531 g/mol. The van der Waals surface area contributed by atoms with Gasteiger partial charge in [-0.25, -0.2) is 13.4 Å². The molecular formula is C20H30IN5O2S. The normalized spacial score (nSPS) is 20.2. The second-order valence-electron chi connectivity index (χ2n) is 7.58. The van der Waals surface area contributed by atoms with Crippen LogP contribution in [0.5, 0.6) is 0 Å². The van der Waals surface area contributed by atoms with Crippen LogP contribution in [0.1, 0.15) is 30.5 Å². The van der Waals surface area contributed by atoms with Crippen LogP contribution in [0.15, 0.2) is 48.0 Å². The van der Waals surface area contributed by atoms with Gasteiger partial charge < -0.3 is 14.8 Å². The molecule has 1 N–H and O–H groups in total. The molecule has 1 aliphatic rings. The summed E-state index contributed by atoms with van der Waals surface area (Å²) in [6, 6.07) is 8.06. The molecule has 160 valence electrons. The molecule has 2 unspecified atom stereocenters. The standard InChI is InChI=1S/C20H29N5O2S.HI/c1-16-8-10-24(13-19(16)25-11-9-22-15-25)20(21-2)23-12-17-4-6-18(7-5-17)14-28(3,26)27;/h4-7,9,11,15-16,19H,8,10,12-14H2,1-3H3,(H,21,23);1H. The van der Waals surface area contributed by atoms with Crippen LogP contribution in [-0.2, 0) is 22.1 Å². The SMILES string of the molecule is CN=C(NCc1ccc(CS(C)(=O)=O)cc1)N1CCC(C)C(n2ccnc2)C1.I. The quantitative estimate of drug-likeness (QED) is 0.365. The largest absolute Gasteiger partial charge is 0.352 e. The van der Waals surface area contributed by atoms with Gasteiger partial charge in [-0.05, 0) is 23.5 Å². The van der Waals surface area contributed by atoms with Crippen LogP contribution in [0.3, 0.4) is 0 Å². The fourth-order valence-electron chi connectivity index (χ4n) is 3.66. The summed E-state index contributed by atoms with van der Waals surface area (Å²) >= 11 is 0. The molecule has 1 aliphatic heterocycles. The lowest BCUT2D eigenvalue weighted by Gasteiger charge is -2.39. The molecule has 0 amide bonds. The molecule has 2 heterocycles. The summed E-state index contributed by atoms with van der Waals surface area (Å²) in [5.74, 6) is 1.55. The van der Waals surface area contributed by atoms with Gasteiger partial charge in [-0.15, -0.1) is 24.0 Å². The highest BCUT2D eigenvalue weighted by atomic mass is 127. The Morgan fingerprint density at radius 2 is 1.97 bits per heavy atom. The number of likely N-dealkylation sites (tertiary alicyclic amines) is 1. The van der Waals surface area contributed by atoms with Gasteiger partial charge in [0.05, 0.1) is 18.1 Å². The van der Waals surface area contributed by atoms with Crippen molar-refractivity contribution in [2.75, 3.05) is 26.4 Å². The van der Waals surface area contributed by atoms with E-state index in [1.54, 1.807) is 0 Å². The molecule has 9 heteroatoms. The Morgan fingerprint density at radius 1 is 1.28 bits per heavy atom. The van der Waals surface area contributed by atoms with Crippen LogP contribution in [0.2, 0.25) is 0 Å². The van der Waals surface area contributed by atoms with E-state index in [-0.39, 0.29) is 29.7 Å². The molecule has 1 fully saturated rings. The number of hydrogen-bond acceptors (Lipinski definition) is 4. The number of sulfone groups is 1. The van der Waals surface area contributed by atoms with Crippen molar-refractivity contribution in [3.8, 4) is 0 Å². The number of aliphatic imine (C=N–C) groups is 1. The van der Waals surface area contributed by atoms with Crippen molar-refractivity contribution in [2.24, 2.45) is 10.9 Å². The van der Waals surface area contributed by atoms with Crippen molar-refractivity contribution in [3.63, 3.8) is 0 Å². The summed E-state index contributed by atoms with van der Waals surface area (Å²) in [4.78, 5) is 10.9. The van der Waals surface area contributed by atoms with Gasteiger partial charge in [0.25, 0.3) is 0 Å². The molecule has 1 aromatic carbocycles. The van der Waals surface area contributed by atoms with Crippen LogP contribution < -0.4 is 5.32 Å². The fraction of sp³-hybridized carbons (Fsp3) is 0.500. The predicted molar refractivity (Wildman–Crippen MR) is 127 cm³/mol. The highest BCUT2D eigenvalue weighted by Gasteiger charge is 2.28. The Morgan fingerprint density at radius 3 is 2.55 bits per heavy atom. The van der Waals surface area contributed by atoms with Crippen LogP contribution in [-0.4, -0.2) is 55.2 Å². The molecule has 2 atom stereocenters. The predicted octanol–water partition coefficient (Wildman–Crippen LogP) is 2.70.